The second-order valence-corrected chi connectivity index (χ2v) is 9.64. The van der Waals surface area contributed by atoms with Gasteiger partial charge in [0.2, 0.25) is 0 Å². The standard InChI is InChI=1S/C24H28F3N3O4/c1-22(2,3)34-21(32)28-14-10-11-19-15(12-14)18(13-23(4,5)33-19)30-20(31)29-17-9-7-6-8-16(17)24(25,26)27/h6-12,18H,13H2,1-5H3,(H,28,32)(H2,29,30,31)/t18-/m0/s1. The van der Waals surface area contributed by atoms with E-state index in [1.54, 1.807) is 39.0 Å². The lowest BCUT2D eigenvalue weighted by atomic mass is 9.89. The fourth-order valence-corrected chi connectivity index (χ4v) is 3.64. The molecule has 1 aliphatic heterocycles. The van der Waals surface area contributed by atoms with Gasteiger partial charge in [-0.25, -0.2) is 9.59 Å². The van der Waals surface area contributed by atoms with Crippen LogP contribution in [0.5, 0.6) is 5.75 Å². The van der Waals surface area contributed by atoms with Crippen LogP contribution in [0.4, 0.5) is 34.1 Å². The molecule has 3 N–H and O–H groups in total. The topological polar surface area (TPSA) is 88.7 Å². The number of urea groups is 1. The zero-order valence-corrected chi connectivity index (χ0v) is 19.6. The smallest absolute Gasteiger partial charge is 0.418 e. The Kier molecular flexibility index (Phi) is 6.73. The third-order valence-corrected chi connectivity index (χ3v) is 4.90. The van der Waals surface area contributed by atoms with Crippen LogP contribution in [0, 0.1) is 0 Å². The van der Waals surface area contributed by atoms with Gasteiger partial charge in [-0.3, -0.25) is 5.32 Å². The highest BCUT2D eigenvalue weighted by Gasteiger charge is 2.36. The van der Waals surface area contributed by atoms with Crippen molar-refractivity contribution in [1.29, 1.82) is 0 Å². The van der Waals surface area contributed by atoms with Crippen molar-refractivity contribution in [2.75, 3.05) is 10.6 Å². The molecule has 0 aromatic heterocycles. The Morgan fingerprint density at radius 1 is 1.06 bits per heavy atom. The van der Waals surface area contributed by atoms with Crippen LogP contribution in [0.15, 0.2) is 42.5 Å². The molecule has 0 radical (unpaired) electrons. The summed E-state index contributed by atoms with van der Waals surface area (Å²) < 4.78 is 51.1. The van der Waals surface area contributed by atoms with Crippen LogP contribution in [0.2, 0.25) is 0 Å². The lowest BCUT2D eigenvalue weighted by Gasteiger charge is -2.38. The van der Waals surface area contributed by atoms with Gasteiger partial charge in [0.05, 0.1) is 17.3 Å². The zero-order chi connectivity index (χ0) is 25.3. The first-order chi connectivity index (χ1) is 15.6. The van der Waals surface area contributed by atoms with Gasteiger partial charge in [0.15, 0.2) is 0 Å². The van der Waals surface area contributed by atoms with Crippen LogP contribution in [0.1, 0.15) is 58.2 Å². The van der Waals surface area contributed by atoms with E-state index in [4.69, 9.17) is 9.47 Å². The Hall–Kier alpha value is -3.43. The summed E-state index contributed by atoms with van der Waals surface area (Å²) in [5, 5.41) is 7.67. The SMILES string of the molecule is CC(C)(C)OC(=O)Nc1ccc2c(c1)[C@@H](NC(=O)Nc1ccccc1C(F)(F)F)CC(C)(C)O2. The second kappa shape index (κ2) is 9.08. The van der Waals surface area contributed by atoms with Crippen LogP contribution in [0.25, 0.3) is 0 Å². The summed E-state index contributed by atoms with van der Waals surface area (Å²) in [6.07, 6.45) is -4.90. The highest BCUT2D eigenvalue weighted by molar-refractivity contribution is 5.90. The summed E-state index contributed by atoms with van der Waals surface area (Å²) >= 11 is 0. The molecule has 34 heavy (non-hydrogen) atoms. The number of hydrogen-bond donors (Lipinski definition) is 3. The molecule has 0 saturated heterocycles. The third kappa shape index (κ3) is 6.55. The molecular formula is C24H28F3N3O4. The minimum Gasteiger partial charge on any atom is -0.487 e. The number of ether oxygens (including phenoxy) is 2. The van der Waals surface area contributed by atoms with E-state index in [0.29, 0.717) is 23.4 Å². The molecule has 1 aliphatic rings. The number of benzene rings is 2. The predicted molar refractivity (Wildman–Crippen MR) is 122 cm³/mol. The number of alkyl halides is 3. The van der Waals surface area contributed by atoms with Crippen molar-refractivity contribution in [2.45, 2.75) is 64.5 Å². The molecular weight excluding hydrogens is 451 g/mol. The van der Waals surface area contributed by atoms with E-state index >= 15 is 0 Å². The van der Waals surface area contributed by atoms with E-state index in [-0.39, 0.29) is 5.69 Å². The molecule has 1 heterocycles. The number of fused-ring (bicyclic) bond motifs is 1. The first-order valence-electron chi connectivity index (χ1n) is 10.7. The first-order valence-corrected chi connectivity index (χ1v) is 10.7. The van der Waals surface area contributed by atoms with Gasteiger partial charge in [-0.05, 0) is 65.0 Å². The number of hydrogen-bond acceptors (Lipinski definition) is 4. The molecule has 184 valence electrons. The predicted octanol–water partition coefficient (Wildman–Crippen LogP) is 6.48. The fraction of sp³-hybridized carbons (Fsp3) is 0.417. The number of amides is 3. The Balaban J connectivity index is 1.81. The summed E-state index contributed by atoms with van der Waals surface area (Å²) in [4.78, 5) is 24.8. The van der Waals surface area contributed by atoms with Gasteiger partial charge in [0.25, 0.3) is 0 Å². The van der Waals surface area contributed by atoms with Crippen molar-refractivity contribution in [2.24, 2.45) is 0 Å². The molecule has 0 aliphatic carbocycles. The largest absolute Gasteiger partial charge is 0.487 e. The molecule has 0 unspecified atom stereocenters. The average molecular weight is 479 g/mol. The van der Waals surface area contributed by atoms with Crippen LogP contribution in [-0.4, -0.2) is 23.3 Å². The Labute approximate surface area is 196 Å². The van der Waals surface area contributed by atoms with Gasteiger partial charge in [0, 0.05) is 17.7 Å². The van der Waals surface area contributed by atoms with Crippen molar-refractivity contribution in [1.82, 2.24) is 5.32 Å². The quantitative estimate of drug-likeness (QED) is 0.470. The third-order valence-electron chi connectivity index (χ3n) is 4.90. The van der Waals surface area contributed by atoms with Gasteiger partial charge in [-0.2, -0.15) is 13.2 Å². The number of carbonyl (C=O) groups is 2. The molecule has 2 aromatic carbocycles. The van der Waals surface area contributed by atoms with E-state index in [1.807, 2.05) is 13.8 Å². The molecule has 0 fully saturated rings. The average Bonchev–Trinajstić information content (AvgIpc) is 2.65. The number of nitrogens with one attached hydrogen (secondary N) is 3. The van der Waals surface area contributed by atoms with Crippen molar-refractivity contribution in [3.05, 3.63) is 53.6 Å². The molecule has 3 amide bonds. The summed E-state index contributed by atoms with van der Waals surface area (Å²) in [6.45, 7) is 8.91. The minimum absolute atomic E-state index is 0.348. The number of carbonyl (C=O) groups excluding carboxylic acids is 2. The number of anilines is 2. The van der Waals surface area contributed by atoms with E-state index < -0.39 is 41.1 Å². The Morgan fingerprint density at radius 2 is 1.74 bits per heavy atom. The first kappa shape index (κ1) is 25.2. The Bertz CT molecular complexity index is 1080. The van der Waals surface area contributed by atoms with E-state index in [2.05, 4.69) is 16.0 Å². The maximum atomic E-state index is 13.3. The molecule has 3 rings (SSSR count). The molecule has 2 aromatic rings. The van der Waals surface area contributed by atoms with Crippen molar-refractivity contribution >= 4 is 23.5 Å². The van der Waals surface area contributed by atoms with Crippen molar-refractivity contribution in [3.63, 3.8) is 0 Å². The van der Waals surface area contributed by atoms with Crippen LogP contribution >= 0.6 is 0 Å². The normalized spacial score (nSPS) is 17.1. The van der Waals surface area contributed by atoms with Gasteiger partial charge in [-0.15, -0.1) is 0 Å². The summed E-state index contributed by atoms with van der Waals surface area (Å²) in [5.41, 5.74) is -1.62. The van der Waals surface area contributed by atoms with Crippen molar-refractivity contribution in [3.8, 4) is 5.75 Å². The Morgan fingerprint density at radius 3 is 2.38 bits per heavy atom. The van der Waals surface area contributed by atoms with Gasteiger partial charge in [0.1, 0.15) is 17.0 Å². The van der Waals surface area contributed by atoms with Crippen LogP contribution in [0.3, 0.4) is 0 Å². The maximum absolute atomic E-state index is 13.3. The summed E-state index contributed by atoms with van der Waals surface area (Å²) in [6, 6.07) is 8.31. The van der Waals surface area contributed by atoms with Crippen molar-refractivity contribution < 1.29 is 32.2 Å². The van der Waals surface area contributed by atoms with Gasteiger partial charge >= 0.3 is 18.3 Å². The molecule has 0 bridgehead atoms. The van der Waals surface area contributed by atoms with Crippen LogP contribution < -0.4 is 20.7 Å². The van der Waals surface area contributed by atoms with E-state index in [9.17, 15) is 22.8 Å². The highest BCUT2D eigenvalue weighted by Crippen LogP contribution is 2.41. The lowest BCUT2D eigenvalue weighted by molar-refractivity contribution is -0.136. The highest BCUT2D eigenvalue weighted by atomic mass is 19.4. The maximum Gasteiger partial charge on any atom is 0.418 e. The fourth-order valence-electron chi connectivity index (χ4n) is 3.64. The molecule has 7 nitrogen and oxygen atoms in total. The monoisotopic (exact) mass is 479 g/mol. The molecule has 0 spiro atoms. The molecule has 1 atom stereocenters. The molecule has 10 heteroatoms. The number of halogens is 3. The lowest BCUT2D eigenvalue weighted by Crippen LogP contribution is -2.42. The van der Waals surface area contributed by atoms with Gasteiger partial charge in [-0.1, -0.05) is 12.1 Å². The van der Waals surface area contributed by atoms with E-state index in [0.717, 1.165) is 6.07 Å². The van der Waals surface area contributed by atoms with Gasteiger partial charge < -0.3 is 20.1 Å². The number of para-hydroxylation sites is 1. The molecule has 0 saturated carbocycles. The number of rotatable bonds is 3. The van der Waals surface area contributed by atoms with Crippen LogP contribution in [-0.2, 0) is 10.9 Å². The summed E-state index contributed by atoms with van der Waals surface area (Å²) in [5.74, 6) is 0.493. The second-order valence-electron chi connectivity index (χ2n) is 9.64. The minimum atomic E-state index is -4.61. The summed E-state index contributed by atoms with van der Waals surface area (Å²) in [7, 11) is 0. The van der Waals surface area contributed by atoms with E-state index in [1.165, 1.54) is 18.2 Å². The zero-order valence-electron chi connectivity index (χ0n) is 19.6.